The van der Waals surface area contributed by atoms with Crippen molar-refractivity contribution in [2.24, 2.45) is 0 Å². The minimum absolute atomic E-state index is 0.127. The molecule has 2 N–H and O–H groups in total. The molecule has 1 amide bonds. The average molecular weight is 303 g/mol. The van der Waals surface area contributed by atoms with Crippen molar-refractivity contribution < 1.29 is 9.53 Å². The highest BCUT2D eigenvalue weighted by atomic mass is 32.1. The number of ether oxygens (including phenoxy) is 1. The van der Waals surface area contributed by atoms with E-state index in [-0.39, 0.29) is 5.91 Å². The number of amides is 1. The van der Waals surface area contributed by atoms with Crippen LogP contribution in [-0.2, 0) is 4.74 Å². The lowest BCUT2D eigenvalue weighted by Gasteiger charge is -2.12. The molecule has 1 fully saturated rings. The summed E-state index contributed by atoms with van der Waals surface area (Å²) in [6.45, 7) is 1.65. The number of nitrogens with one attached hydrogen (secondary N) is 2. The summed E-state index contributed by atoms with van der Waals surface area (Å²) in [6.07, 6.45) is 4.26. The molecule has 3 rings (SSSR count). The Hall–Kier alpha value is -1.92. The van der Waals surface area contributed by atoms with Gasteiger partial charge in [-0.2, -0.15) is 0 Å². The molecule has 0 saturated carbocycles. The summed E-state index contributed by atoms with van der Waals surface area (Å²) in [7, 11) is 0. The second-order valence-electron chi connectivity index (χ2n) is 4.88. The van der Waals surface area contributed by atoms with Crippen LogP contribution in [0.25, 0.3) is 0 Å². The van der Waals surface area contributed by atoms with Gasteiger partial charge in [0.25, 0.3) is 5.91 Å². The van der Waals surface area contributed by atoms with E-state index in [0.29, 0.717) is 16.8 Å². The number of pyridine rings is 1. The van der Waals surface area contributed by atoms with Gasteiger partial charge in [0.05, 0.1) is 22.9 Å². The number of aromatic nitrogens is 1. The van der Waals surface area contributed by atoms with Crippen LogP contribution in [0.2, 0.25) is 0 Å². The molecule has 6 heteroatoms. The van der Waals surface area contributed by atoms with Crippen molar-refractivity contribution in [3.05, 3.63) is 40.7 Å². The third-order valence-corrected chi connectivity index (χ3v) is 4.18. The maximum Gasteiger partial charge on any atom is 0.266 e. The van der Waals surface area contributed by atoms with Gasteiger partial charge in [0.1, 0.15) is 5.82 Å². The molecule has 1 saturated heterocycles. The van der Waals surface area contributed by atoms with E-state index in [1.165, 1.54) is 11.3 Å². The van der Waals surface area contributed by atoms with Gasteiger partial charge in [-0.05, 0) is 36.4 Å². The van der Waals surface area contributed by atoms with Crippen LogP contribution in [0.15, 0.2) is 35.8 Å². The van der Waals surface area contributed by atoms with Crippen molar-refractivity contribution in [1.29, 1.82) is 0 Å². The van der Waals surface area contributed by atoms with Gasteiger partial charge in [-0.25, -0.2) is 4.98 Å². The molecule has 1 atom stereocenters. The van der Waals surface area contributed by atoms with Crippen molar-refractivity contribution in [1.82, 2.24) is 4.98 Å². The maximum absolute atomic E-state index is 11.9. The molecule has 5 nitrogen and oxygen atoms in total. The predicted molar refractivity (Wildman–Crippen MR) is 84.0 cm³/mol. The molecule has 1 aliphatic rings. The zero-order chi connectivity index (χ0) is 14.5. The fourth-order valence-electron chi connectivity index (χ4n) is 2.20. The Kier molecular flexibility index (Phi) is 4.47. The summed E-state index contributed by atoms with van der Waals surface area (Å²) in [5.74, 6) is 0.425. The molecule has 110 valence electrons. The van der Waals surface area contributed by atoms with Crippen LogP contribution in [0.4, 0.5) is 11.5 Å². The molecule has 1 aliphatic heterocycles. The molecular weight excluding hydrogens is 286 g/mol. The molecule has 2 aromatic rings. The van der Waals surface area contributed by atoms with E-state index in [1.807, 2.05) is 17.5 Å². The lowest BCUT2D eigenvalue weighted by atomic mass is 10.2. The summed E-state index contributed by atoms with van der Waals surface area (Å²) >= 11 is 1.41. The second kappa shape index (κ2) is 6.69. The number of nitrogens with zero attached hydrogens (tertiary/aromatic N) is 1. The van der Waals surface area contributed by atoms with Crippen molar-refractivity contribution in [2.75, 3.05) is 23.8 Å². The Morgan fingerprint density at radius 2 is 2.38 bits per heavy atom. The first kappa shape index (κ1) is 14.0. The molecule has 0 aliphatic carbocycles. The summed E-state index contributed by atoms with van der Waals surface area (Å²) in [5.41, 5.74) is 0.930. The molecule has 0 aromatic carbocycles. The van der Waals surface area contributed by atoms with E-state index < -0.39 is 0 Å². The number of thiophene rings is 1. The van der Waals surface area contributed by atoms with Gasteiger partial charge in [-0.3, -0.25) is 4.79 Å². The fraction of sp³-hybridized carbons (Fsp3) is 0.333. The summed E-state index contributed by atoms with van der Waals surface area (Å²) < 4.78 is 5.55. The molecule has 1 unspecified atom stereocenters. The summed E-state index contributed by atoms with van der Waals surface area (Å²) in [6, 6.07) is 7.35. The lowest BCUT2D eigenvalue weighted by molar-refractivity contribution is 0.103. The van der Waals surface area contributed by atoms with E-state index in [1.54, 1.807) is 18.3 Å². The molecular formula is C15H17N3O2S. The van der Waals surface area contributed by atoms with Crippen molar-refractivity contribution in [3.8, 4) is 0 Å². The van der Waals surface area contributed by atoms with Gasteiger partial charge in [0.15, 0.2) is 0 Å². The van der Waals surface area contributed by atoms with Crippen molar-refractivity contribution in [2.45, 2.75) is 18.9 Å². The summed E-state index contributed by atoms with van der Waals surface area (Å²) in [5, 5.41) is 7.95. The van der Waals surface area contributed by atoms with E-state index in [2.05, 4.69) is 15.6 Å². The second-order valence-corrected chi connectivity index (χ2v) is 5.83. The highest BCUT2D eigenvalue weighted by molar-refractivity contribution is 7.12. The largest absolute Gasteiger partial charge is 0.381 e. The molecule has 2 aromatic heterocycles. The first-order valence-corrected chi connectivity index (χ1v) is 7.85. The summed E-state index contributed by atoms with van der Waals surface area (Å²) in [4.78, 5) is 16.8. The van der Waals surface area contributed by atoms with Crippen molar-refractivity contribution in [3.63, 3.8) is 0 Å². The number of carbonyl (C=O) groups excluding carboxylic acids is 1. The van der Waals surface area contributed by atoms with E-state index in [4.69, 9.17) is 4.74 Å². The van der Waals surface area contributed by atoms with Gasteiger partial charge >= 0.3 is 0 Å². The van der Waals surface area contributed by atoms with Crippen LogP contribution in [-0.4, -0.2) is 30.1 Å². The SMILES string of the molecule is O=C(Nc1ccc(NCC2CCCO2)cn1)c1cccs1. The van der Waals surface area contributed by atoms with Crippen LogP contribution in [0.3, 0.4) is 0 Å². The van der Waals surface area contributed by atoms with Gasteiger partial charge in [0, 0.05) is 13.2 Å². The maximum atomic E-state index is 11.9. The number of hydrogen-bond acceptors (Lipinski definition) is 5. The number of carbonyl (C=O) groups is 1. The lowest BCUT2D eigenvalue weighted by Crippen LogP contribution is -2.18. The zero-order valence-corrected chi connectivity index (χ0v) is 12.4. The van der Waals surface area contributed by atoms with Crippen LogP contribution in [0.1, 0.15) is 22.5 Å². The highest BCUT2D eigenvalue weighted by Crippen LogP contribution is 2.16. The zero-order valence-electron chi connectivity index (χ0n) is 11.5. The molecule has 0 spiro atoms. The highest BCUT2D eigenvalue weighted by Gasteiger charge is 2.14. The number of rotatable bonds is 5. The molecule has 3 heterocycles. The number of hydrogen-bond donors (Lipinski definition) is 2. The van der Waals surface area contributed by atoms with Gasteiger partial charge in [-0.15, -0.1) is 11.3 Å². The minimum atomic E-state index is -0.127. The molecule has 21 heavy (non-hydrogen) atoms. The Bertz CT molecular complexity index is 577. The topological polar surface area (TPSA) is 63.2 Å². The first-order chi connectivity index (χ1) is 10.3. The average Bonchev–Trinajstić information content (AvgIpc) is 3.20. The van der Waals surface area contributed by atoms with E-state index >= 15 is 0 Å². The first-order valence-electron chi connectivity index (χ1n) is 6.97. The van der Waals surface area contributed by atoms with E-state index in [0.717, 1.165) is 31.7 Å². The Labute approximate surface area is 127 Å². The monoisotopic (exact) mass is 303 g/mol. The molecule has 0 radical (unpaired) electrons. The van der Waals surface area contributed by atoms with Gasteiger partial charge < -0.3 is 15.4 Å². The van der Waals surface area contributed by atoms with Crippen LogP contribution < -0.4 is 10.6 Å². The third kappa shape index (κ3) is 3.80. The quantitative estimate of drug-likeness (QED) is 0.891. The third-order valence-electron chi connectivity index (χ3n) is 3.31. The smallest absolute Gasteiger partial charge is 0.266 e. The minimum Gasteiger partial charge on any atom is -0.381 e. The molecule has 0 bridgehead atoms. The van der Waals surface area contributed by atoms with E-state index in [9.17, 15) is 4.79 Å². The fourth-order valence-corrected chi connectivity index (χ4v) is 2.81. The Morgan fingerprint density at radius 3 is 3.05 bits per heavy atom. The Morgan fingerprint density at radius 1 is 1.43 bits per heavy atom. The Balaban J connectivity index is 1.52. The van der Waals surface area contributed by atoms with Gasteiger partial charge in [0.2, 0.25) is 0 Å². The number of anilines is 2. The van der Waals surface area contributed by atoms with Crippen LogP contribution in [0, 0.1) is 0 Å². The van der Waals surface area contributed by atoms with Crippen LogP contribution in [0.5, 0.6) is 0 Å². The predicted octanol–water partition coefficient (Wildman–Crippen LogP) is 2.99. The van der Waals surface area contributed by atoms with Gasteiger partial charge in [-0.1, -0.05) is 6.07 Å². The normalized spacial score (nSPS) is 17.6. The van der Waals surface area contributed by atoms with Crippen LogP contribution >= 0.6 is 11.3 Å². The van der Waals surface area contributed by atoms with Crippen molar-refractivity contribution >= 4 is 28.7 Å². The standard InChI is InChI=1S/C15H17N3O2S/c19-15(13-4-2-8-21-13)18-14-6-5-11(9-17-14)16-10-12-3-1-7-20-12/h2,4-6,8-9,12,16H,1,3,7,10H2,(H,17,18,19).